The molecule has 1 fully saturated rings. The summed E-state index contributed by atoms with van der Waals surface area (Å²) in [6, 6.07) is 16.2. The molecule has 2 aromatic carbocycles. The summed E-state index contributed by atoms with van der Waals surface area (Å²) in [6.07, 6.45) is 4.93. The smallest absolute Gasteiger partial charge is 0.254 e. The quantitative estimate of drug-likeness (QED) is 0.450. The van der Waals surface area contributed by atoms with Gasteiger partial charge in [0, 0.05) is 47.4 Å². The molecule has 2 aromatic heterocycles. The van der Waals surface area contributed by atoms with Crippen LogP contribution in [-0.2, 0) is 6.42 Å². The molecule has 6 heteroatoms. The van der Waals surface area contributed by atoms with Crippen molar-refractivity contribution in [2.75, 3.05) is 6.54 Å². The summed E-state index contributed by atoms with van der Waals surface area (Å²) in [5, 5.41) is 2.11. The Morgan fingerprint density at radius 1 is 1.14 bits per heavy atom. The number of nitrogens with zero attached hydrogens (tertiary/aromatic N) is 3. The number of benzene rings is 2. The van der Waals surface area contributed by atoms with Crippen molar-refractivity contribution in [3.05, 3.63) is 83.2 Å². The number of fused-ring (bicyclic) bond motifs is 1. The van der Waals surface area contributed by atoms with Gasteiger partial charge in [0.25, 0.3) is 5.91 Å². The van der Waals surface area contributed by atoms with E-state index in [0.717, 1.165) is 46.7 Å². The van der Waals surface area contributed by atoms with E-state index in [2.05, 4.69) is 14.8 Å². The van der Waals surface area contributed by atoms with Crippen LogP contribution in [0, 0.1) is 5.82 Å². The molecule has 0 aliphatic heterocycles. The number of carbonyl (C=O) groups excluding carboxylic acids is 1. The molecule has 0 radical (unpaired) electrons. The zero-order valence-corrected chi connectivity index (χ0v) is 16.6. The van der Waals surface area contributed by atoms with E-state index >= 15 is 0 Å². The van der Waals surface area contributed by atoms with Crippen LogP contribution in [0.1, 0.15) is 28.9 Å². The van der Waals surface area contributed by atoms with Gasteiger partial charge in [0.05, 0.1) is 5.69 Å². The molecular formula is C23H20FN3OS. The van der Waals surface area contributed by atoms with Crippen molar-refractivity contribution in [3.63, 3.8) is 0 Å². The van der Waals surface area contributed by atoms with Gasteiger partial charge in [-0.1, -0.05) is 18.2 Å². The van der Waals surface area contributed by atoms with E-state index < -0.39 is 0 Å². The summed E-state index contributed by atoms with van der Waals surface area (Å²) >= 11 is 1.59. The highest BCUT2D eigenvalue weighted by Crippen LogP contribution is 2.29. The maximum atomic E-state index is 13.2. The maximum absolute atomic E-state index is 13.2. The van der Waals surface area contributed by atoms with Gasteiger partial charge in [-0.25, -0.2) is 9.37 Å². The Morgan fingerprint density at radius 2 is 1.90 bits per heavy atom. The number of halogens is 1. The second kappa shape index (κ2) is 7.44. The van der Waals surface area contributed by atoms with E-state index in [1.807, 2.05) is 41.4 Å². The molecule has 4 nitrogen and oxygen atoms in total. The van der Waals surface area contributed by atoms with Crippen molar-refractivity contribution >= 4 is 22.2 Å². The average molecular weight is 405 g/mol. The number of rotatable bonds is 6. The van der Waals surface area contributed by atoms with Crippen molar-refractivity contribution in [2.45, 2.75) is 25.3 Å². The number of hydrogen-bond donors (Lipinski definition) is 0. The monoisotopic (exact) mass is 405 g/mol. The first-order chi connectivity index (χ1) is 14.2. The summed E-state index contributed by atoms with van der Waals surface area (Å²) in [5.74, 6) is -0.143. The lowest BCUT2D eigenvalue weighted by Crippen LogP contribution is -2.35. The molecule has 146 valence electrons. The summed E-state index contributed by atoms with van der Waals surface area (Å²) < 4.78 is 15.3. The van der Waals surface area contributed by atoms with E-state index in [1.165, 1.54) is 12.1 Å². The van der Waals surface area contributed by atoms with E-state index in [1.54, 1.807) is 23.5 Å². The number of imidazole rings is 1. The minimum absolute atomic E-state index is 0.109. The zero-order valence-electron chi connectivity index (χ0n) is 15.8. The Balaban J connectivity index is 1.35. The fraction of sp³-hybridized carbons (Fsp3) is 0.217. The van der Waals surface area contributed by atoms with Crippen molar-refractivity contribution < 1.29 is 9.18 Å². The molecular weight excluding hydrogens is 385 g/mol. The Hall–Kier alpha value is -2.99. The van der Waals surface area contributed by atoms with Crippen LogP contribution in [0.25, 0.3) is 16.2 Å². The average Bonchev–Trinajstić information content (AvgIpc) is 3.38. The van der Waals surface area contributed by atoms with Gasteiger partial charge >= 0.3 is 0 Å². The Labute approximate surface area is 172 Å². The molecule has 5 rings (SSSR count). The van der Waals surface area contributed by atoms with Crippen molar-refractivity contribution in [2.24, 2.45) is 0 Å². The molecule has 0 saturated heterocycles. The Kier molecular flexibility index (Phi) is 4.64. The van der Waals surface area contributed by atoms with Gasteiger partial charge in [0.1, 0.15) is 5.82 Å². The number of thiazole rings is 1. The second-order valence-corrected chi connectivity index (χ2v) is 8.19. The second-order valence-electron chi connectivity index (χ2n) is 7.36. The van der Waals surface area contributed by atoms with Crippen LogP contribution in [-0.4, -0.2) is 32.8 Å². The molecule has 0 N–H and O–H groups in total. The minimum Gasteiger partial charge on any atom is -0.335 e. The maximum Gasteiger partial charge on any atom is 0.254 e. The number of carbonyl (C=O) groups is 1. The first kappa shape index (κ1) is 18.1. The van der Waals surface area contributed by atoms with Gasteiger partial charge in [0.2, 0.25) is 0 Å². The highest BCUT2D eigenvalue weighted by atomic mass is 32.1. The van der Waals surface area contributed by atoms with Gasteiger partial charge in [-0.3, -0.25) is 9.20 Å². The van der Waals surface area contributed by atoms with E-state index in [9.17, 15) is 9.18 Å². The van der Waals surface area contributed by atoms with Gasteiger partial charge in [-0.15, -0.1) is 11.3 Å². The van der Waals surface area contributed by atoms with Crippen LogP contribution in [0.4, 0.5) is 4.39 Å². The Bertz CT molecular complexity index is 1150. The predicted octanol–water partition coefficient (Wildman–Crippen LogP) is 5.05. The van der Waals surface area contributed by atoms with E-state index in [4.69, 9.17) is 0 Å². The first-order valence-electron chi connectivity index (χ1n) is 9.76. The summed E-state index contributed by atoms with van der Waals surface area (Å²) in [5.41, 5.74) is 3.61. The van der Waals surface area contributed by atoms with Crippen LogP contribution in [0.15, 0.2) is 66.2 Å². The van der Waals surface area contributed by atoms with Gasteiger partial charge in [-0.05, 0) is 49.2 Å². The van der Waals surface area contributed by atoms with Crippen LogP contribution < -0.4 is 0 Å². The topological polar surface area (TPSA) is 37.6 Å². The molecule has 1 aliphatic carbocycles. The molecule has 0 atom stereocenters. The van der Waals surface area contributed by atoms with Gasteiger partial charge < -0.3 is 4.90 Å². The lowest BCUT2D eigenvalue weighted by atomic mass is 10.2. The van der Waals surface area contributed by atoms with Crippen LogP contribution >= 0.6 is 11.3 Å². The van der Waals surface area contributed by atoms with Crippen LogP contribution in [0.3, 0.4) is 0 Å². The van der Waals surface area contributed by atoms with Crippen molar-refractivity contribution in [3.8, 4) is 11.3 Å². The number of aromatic nitrogens is 2. The summed E-state index contributed by atoms with van der Waals surface area (Å²) in [7, 11) is 0. The van der Waals surface area contributed by atoms with Gasteiger partial charge in [-0.2, -0.15) is 0 Å². The minimum atomic E-state index is -0.251. The SMILES string of the molecule is O=C(c1ccccc1)N(CCc1csc2nc(-c3ccc(F)cc3)cn12)C1CC1. The fourth-order valence-electron chi connectivity index (χ4n) is 3.59. The number of amides is 1. The molecule has 0 spiro atoms. The number of hydrogen-bond acceptors (Lipinski definition) is 3. The molecule has 4 aromatic rings. The molecule has 1 saturated carbocycles. The van der Waals surface area contributed by atoms with Crippen molar-refractivity contribution in [1.82, 2.24) is 14.3 Å². The lowest BCUT2D eigenvalue weighted by molar-refractivity contribution is 0.0744. The van der Waals surface area contributed by atoms with Crippen LogP contribution in [0.5, 0.6) is 0 Å². The van der Waals surface area contributed by atoms with Gasteiger partial charge in [0.15, 0.2) is 4.96 Å². The zero-order chi connectivity index (χ0) is 19.8. The molecule has 2 heterocycles. The third-order valence-electron chi connectivity index (χ3n) is 5.30. The van der Waals surface area contributed by atoms with E-state index in [0.29, 0.717) is 12.6 Å². The molecule has 0 bridgehead atoms. The largest absolute Gasteiger partial charge is 0.335 e. The fourth-order valence-corrected chi connectivity index (χ4v) is 4.49. The third-order valence-corrected chi connectivity index (χ3v) is 6.19. The predicted molar refractivity (Wildman–Crippen MR) is 113 cm³/mol. The first-order valence-corrected chi connectivity index (χ1v) is 10.6. The third kappa shape index (κ3) is 3.68. The standard InChI is InChI=1S/C23H20FN3OS/c24-18-8-6-16(7-9-18)21-14-27-20(15-29-23(27)25-21)12-13-26(19-10-11-19)22(28)17-4-2-1-3-5-17/h1-9,14-15,19H,10-13H2. The highest BCUT2D eigenvalue weighted by molar-refractivity contribution is 7.15. The summed E-state index contributed by atoms with van der Waals surface area (Å²) in [6.45, 7) is 0.689. The highest BCUT2D eigenvalue weighted by Gasteiger charge is 2.32. The normalized spacial score (nSPS) is 13.7. The van der Waals surface area contributed by atoms with Crippen molar-refractivity contribution in [1.29, 1.82) is 0 Å². The summed E-state index contributed by atoms with van der Waals surface area (Å²) in [4.78, 5) is 20.5. The van der Waals surface area contributed by atoms with Crippen LogP contribution in [0.2, 0.25) is 0 Å². The molecule has 1 amide bonds. The van der Waals surface area contributed by atoms with E-state index in [-0.39, 0.29) is 11.7 Å². The molecule has 0 unspecified atom stereocenters. The Morgan fingerprint density at radius 3 is 2.62 bits per heavy atom. The molecule has 29 heavy (non-hydrogen) atoms. The lowest BCUT2D eigenvalue weighted by Gasteiger charge is -2.22. The molecule has 1 aliphatic rings.